The van der Waals surface area contributed by atoms with Gasteiger partial charge in [0, 0.05) is 24.3 Å². The second-order valence-corrected chi connectivity index (χ2v) is 18.5. The van der Waals surface area contributed by atoms with Gasteiger partial charge in [0.05, 0.1) is 24.0 Å². The van der Waals surface area contributed by atoms with Gasteiger partial charge in [0.2, 0.25) is 21.8 Å². The number of benzene rings is 1. The lowest BCUT2D eigenvalue weighted by molar-refractivity contribution is -0.141. The summed E-state index contributed by atoms with van der Waals surface area (Å²) >= 11 is 1.46. The van der Waals surface area contributed by atoms with Gasteiger partial charge in [0.25, 0.3) is 5.91 Å². The van der Waals surface area contributed by atoms with Crippen LogP contribution in [0, 0.1) is 11.8 Å². The number of carbonyl (C=O) groups excluding carboxylic acids is 4. The van der Waals surface area contributed by atoms with Gasteiger partial charge in [-0.15, -0.1) is 17.9 Å². The highest BCUT2D eigenvalue weighted by Crippen LogP contribution is 2.46. The Morgan fingerprint density at radius 3 is 2.67 bits per heavy atom. The SMILES string of the molecule is C=C[C@@H]1C[C@]1(NC(=O)[C@@H]1C[C@@H]2CN1C(=O)[C@H](C1CCCCC1)Nc1nc(cs1)CCC/C=C\c1cccc3c1CN(C3)C(=O)O2)C(=O)NS(=O)(=O)C1CC1. The molecule has 3 aliphatic heterocycles. The third-order valence-electron chi connectivity index (χ3n) is 12.0. The van der Waals surface area contributed by atoms with Crippen LogP contribution < -0.4 is 15.4 Å². The van der Waals surface area contributed by atoms with Gasteiger partial charge in [-0.1, -0.05) is 55.7 Å². The first-order valence-corrected chi connectivity index (χ1v) is 21.7. The zero-order chi connectivity index (χ0) is 37.6. The summed E-state index contributed by atoms with van der Waals surface area (Å²) in [5.41, 5.74) is 2.61. The molecule has 4 heterocycles. The molecule has 8 rings (SSSR count). The van der Waals surface area contributed by atoms with Gasteiger partial charge in [0.15, 0.2) is 5.13 Å². The maximum Gasteiger partial charge on any atom is 0.410 e. The van der Waals surface area contributed by atoms with Gasteiger partial charge < -0.3 is 20.3 Å². The Morgan fingerprint density at radius 1 is 1.09 bits per heavy atom. The maximum atomic E-state index is 14.9. The molecule has 13 nitrogen and oxygen atoms in total. The fourth-order valence-electron chi connectivity index (χ4n) is 8.60. The lowest BCUT2D eigenvalue weighted by atomic mass is 9.83. The van der Waals surface area contributed by atoms with E-state index in [1.165, 1.54) is 22.3 Å². The average Bonchev–Trinajstić information content (AvgIpc) is 3.98. The van der Waals surface area contributed by atoms with Crippen molar-refractivity contribution in [3.05, 3.63) is 64.7 Å². The van der Waals surface area contributed by atoms with E-state index in [0.717, 1.165) is 73.8 Å². The van der Waals surface area contributed by atoms with Crippen molar-refractivity contribution in [2.24, 2.45) is 11.8 Å². The second kappa shape index (κ2) is 14.8. The standard InChI is InChI=1S/C39H48N6O7S2/c1-2-27-19-39(27,36(48)43-54(50,51)30-16-17-30)42-34(46)32-18-29-21-45(32)35(47)33(25-11-6-3-7-12-25)41-37-40-28(23-53-37)15-8-4-5-10-24-13-9-14-26-20-44(22-31(24)26)38(49)52-29/h2,5,9-10,13-14,23,25,27,29-30,32-33H,1,3-4,6-8,11-12,15-22H2,(H,40,41)(H,42,46)(H,43,48)/b10-5-/t27-,29-,32+,33+,39-/m1/s1. The van der Waals surface area contributed by atoms with Crippen molar-refractivity contribution < 1.29 is 32.3 Å². The number of sulfonamides is 1. The van der Waals surface area contributed by atoms with Gasteiger partial charge in [-0.25, -0.2) is 18.2 Å². The topological polar surface area (TPSA) is 167 Å². The number of aromatic nitrogens is 1. The van der Waals surface area contributed by atoms with Crippen molar-refractivity contribution in [2.75, 3.05) is 11.9 Å². The molecule has 6 bridgehead atoms. The summed E-state index contributed by atoms with van der Waals surface area (Å²) in [6.07, 6.45) is 13.0. The minimum atomic E-state index is -3.88. The summed E-state index contributed by atoms with van der Waals surface area (Å²) in [6, 6.07) is 4.31. The molecule has 1 aromatic heterocycles. The van der Waals surface area contributed by atoms with E-state index >= 15 is 0 Å². The third-order valence-corrected chi connectivity index (χ3v) is 14.6. The lowest BCUT2D eigenvalue weighted by Crippen LogP contribution is -2.58. The van der Waals surface area contributed by atoms with Crippen LogP contribution in [-0.2, 0) is 48.7 Å². The molecule has 6 aliphatic rings. The number of thiazole rings is 1. The molecule has 3 N–H and O–H groups in total. The molecular formula is C39H48N6O7S2. The number of hydrogen-bond donors (Lipinski definition) is 3. The summed E-state index contributed by atoms with van der Waals surface area (Å²) in [6.45, 7) is 4.57. The van der Waals surface area contributed by atoms with E-state index in [1.54, 1.807) is 4.90 Å². The molecule has 4 amide bonds. The van der Waals surface area contributed by atoms with Crippen LogP contribution in [0.25, 0.3) is 6.08 Å². The van der Waals surface area contributed by atoms with Crippen molar-refractivity contribution in [3.8, 4) is 0 Å². The number of hydrogen-bond acceptors (Lipinski definition) is 10. The summed E-state index contributed by atoms with van der Waals surface area (Å²) in [5, 5.41) is 8.37. The van der Waals surface area contributed by atoms with Crippen LogP contribution in [0.15, 0.2) is 42.3 Å². The molecule has 3 aliphatic carbocycles. The zero-order valence-electron chi connectivity index (χ0n) is 30.3. The summed E-state index contributed by atoms with van der Waals surface area (Å²) in [7, 11) is -3.88. The number of amides is 4. The molecule has 1 saturated heterocycles. The molecule has 54 heavy (non-hydrogen) atoms. The number of allylic oxidation sites excluding steroid dienone is 1. The van der Waals surface area contributed by atoms with Crippen LogP contribution >= 0.6 is 11.3 Å². The van der Waals surface area contributed by atoms with Crippen LogP contribution in [0.3, 0.4) is 0 Å². The minimum Gasteiger partial charge on any atom is -0.444 e. The van der Waals surface area contributed by atoms with Crippen LogP contribution in [0.5, 0.6) is 0 Å². The normalized spacial score (nSPS) is 29.5. The van der Waals surface area contributed by atoms with Gasteiger partial charge in [-0.05, 0) is 74.0 Å². The van der Waals surface area contributed by atoms with E-state index in [-0.39, 0.29) is 31.2 Å². The Balaban J connectivity index is 1.09. The van der Waals surface area contributed by atoms with E-state index in [2.05, 4.69) is 34.1 Å². The van der Waals surface area contributed by atoms with E-state index < -0.39 is 62.8 Å². The Morgan fingerprint density at radius 2 is 1.91 bits per heavy atom. The molecule has 1 aromatic carbocycles. The first-order chi connectivity index (χ1) is 26.0. The van der Waals surface area contributed by atoms with Crippen LogP contribution in [0.4, 0.5) is 9.93 Å². The monoisotopic (exact) mass is 776 g/mol. The molecule has 4 fully saturated rings. The molecular weight excluding hydrogens is 729 g/mol. The maximum absolute atomic E-state index is 14.9. The Labute approximate surface area is 320 Å². The number of fused-ring (bicyclic) bond motifs is 5. The average molecular weight is 777 g/mol. The molecule has 5 atom stereocenters. The molecule has 2 aromatic rings. The Kier molecular flexibility index (Phi) is 10.0. The predicted molar refractivity (Wildman–Crippen MR) is 203 cm³/mol. The lowest BCUT2D eigenvalue weighted by Gasteiger charge is -2.34. The largest absolute Gasteiger partial charge is 0.444 e. The van der Waals surface area contributed by atoms with E-state index in [0.29, 0.717) is 31.1 Å². The molecule has 0 unspecified atom stereocenters. The van der Waals surface area contributed by atoms with Crippen molar-refractivity contribution >= 4 is 56.4 Å². The van der Waals surface area contributed by atoms with Crippen molar-refractivity contribution in [2.45, 2.75) is 119 Å². The van der Waals surface area contributed by atoms with E-state index in [1.807, 2.05) is 23.6 Å². The predicted octanol–water partition coefficient (Wildman–Crippen LogP) is 4.64. The van der Waals surface area contributed by atoms with Crippen LogP contribution in [0.2, 0.25) is 0 Å². The Hall–Kier alpha value is -4.24. The summed E-state index contributed by atoms with van der Waals surface area (Å²) in [5.74, 6) is -2.19. The zero-order valence-corrected chi connectivity index (χ0v) is 32.0. The minimum absolute atomic E-state index is 0.00235. The van der Waals surface area contributed by atoms with E-state index in [9.17, 15) is 27.6 Å². The van der Waals surface area contributed by atoms with Crippen LogP contribution in [-0.4, -0.2) is 82.5 Å². The van der Waals surface area contributed by atoms with Crippen molar-refractivity contribution in [1.82, 2.24) is 24.8 Å². The third kappa shape index (κ3) is 7.40. The van der Waals surface area contributed by atoms with Crippen LogP contribution in [0.1, 0.15) is 93.0 Å². The number of nitrogens with zero attached hydrogens (tertiary/aromatic N) is 3. The quantitative estimate of drug-likeness (QED) is 0.340. The highest BCUT2D eigenvalue weighted by molar-refractivity contribution is 7.91. The molecule has 0 spiro atoms. The second-order valence-electron chi connectivity index (χ2n) is 15.7. The number of anilines is 1. The van der Waals surface area contributed by atoms with E-state index in [4.69, 9.17) is 9.72 Å². The first-order valence-electron chi connectivity index (χ1n) is 19.3. The molecule has 0 radical (unpaired) electrons. The molecule has 288 valence electrons. The van der Waals surface area contributed by atoms with Gasteiger partial charge in [-0.3, -0.25) is 24.0 Å². The van der Waals surface area contributed by atoms with Crippen molar-refractivity contribution in [1.29, 1.82) is 0 Å². The number of aryl methyl sites for hydroxylation is 1. The molecule has 3 saturated carbocycles. The fourth-order valence-corrected chi connectivity index (χ4v) is 10.8. The Bertz CT molecular complexity index is 1970. The van der Waals surface area contributed by atoms with Gasteiger partial charge in [0.1, 0.15) is 23.7 Å². The fraction of sp³-hybridized carbons (Fsp3) is 0.564. The highest BCUT2D eigenvalue weighted by atomic mass is 32.2. The van der Waals surface area contributed by atoms with Gasteiger partial charge in [-0.2, -0.15) is 0 Å². The number of carbonyl (C=O) groups is 4. The number of ether oxygens (including phenoxy) is 1. The number of nitrogens with one attached hydrogen (secondary N) is 3. The van der Waals surface area contributed by atoms with Crippen molar-refractivity contribution in [3.63, 3.8) is 0 Å². The summed E-state index contributed by atoms with van der Waals surface area (Å²) in [4.78, 5) is 64.5. The van der Waals surface area contributed by atoms with Gasteiger partial charge >= 0.3 is 6.09 Å². The molecule has 15 heteroatoms. The smallest absolute Gasteiger partial charge is 0.410 e. The first kappa shape index (κ1) is 36.7. The number of rotatable bonds is 7. The summed E-state index contributed by atoms with van der Waals surface area (Å²) < 4.78 is 33.8. The highest BCUT2D eigenvalue weighted by Gasteiger charge is 2.62.